The molecule has 0 aliphatic heterocycles. The van der Waals surface area contributed by atoms with E-state index in [1.165, 1.54) is 18.4 Å². The molecule has 2 unspecified atom stereocenters. The molecule has 2 aliphatic carbocycles. The normalized spacial score (nSPS) is 33.9. The number of carbonyl (C=O) groups is 1. The predicted molar refractivity (Wildman–Crippen MR) is 68.6 cm³/mol. The van der Waals surface area contributed by atoms with E-state index in [2.05, 4.69) is 13.8 Å². The zero-order valence-electron chi connectivity index (χ0n) is 11.2. The standard InChI is InChI=1S/C15H22O2/c1-10-6-5-7-11-8-13(16)12(14(2,3)17)9-15(10,11)4/h8-10,17H,5-7H2,1-4H3. The molecule has 94 valence electrons. The van der Waals surface area contributed by atoms with Crippen LogP contribution >= 0.6 is 0 Å². The van der Waals surface area contributed by atoms with E-state index < -0.39 is 5.60 Å². The Morgan fingerprint density at radius 3 is 2.71 bits per heavy atom. The molecule has 0 aromatic carbocycles. The Labute approximate surface area is 103 Å². The van der Waals surface area contributed by atoms with Crippen LogP contribution in [0, 0.1) is 11.3 Å². The highest BCUT2D eigenvalue weighted by atomic mass is 16.3. The minimum atomic E-state index is -1.04. The number of fused-ring (bicyclic) bond motifs is 1. The molecule has 2 aliphatic rings. The quantitative estimate of drug-likeness (QED) is 0.757. The molecule has 17 heavy (non-hydrogen) atoms. The molecule has 0 radical (unpaired) electrons. The van der Waals surface area contributed by atoms with E-state index in [0.29, 0.717) is 11.5 Å². The first kappa shape index (κ1) is 12.6. The molecule has 0 saturated heterocycles. The molecule has 0 amide bonds. The van der Waals surface area contributed by atoms with Gasteiger partial charge in [-0.2, -0.15) is 0 Å². The third-order valence-corrected chi connectivity index (χ3v) is 4.47. The van der Waals surface area contributed by atoms with E-state index in [0.717, 1.165) is 6.42 Å². The fourth-order valence-corrected chi connectivity index (χ4v) is 3.03. The maximum absolute atomic E-state index is 12.0. The molecule has 2 nitrogen and oxygen atoms in total. The Morgan fingerprint density at radius 1 is 1.47 bits per heavy atom. The number of allylic oxidation sites excluding steroid dienone is 3. The third kappa shape index (κ3) is 1.99. The molecular formula is C15H22O2. The van der Waals surface area contributed by atoms with Crippen molar-refractivity contribution in [1.82, 2.24) is 0 Å². The van der Waals surface area contributed by atoms with E-state index in [1.54, 1.807) is 19.9 Å². The molecule has 1 fully saturated rings. The summed E-state index contributed by atoms with van der Waals surface area (Å²) in [5.74, 6) is 0.520. The topological polar surface area (TPSA) is 37.3 Å². The lowest BCUT2D eigenvalue weighted by Crippen LogP contribution is -2.38. The van der Waals surface area contributed by atoms with Gasteiger partial charge in [-0.05, 0) is 45.1 Å². The van der Waals surface area contributed by atoms with Crippen molar-refractivity contribution in [1.29, 1.82) is 0 Å². The van der Waals surface area contributed by atoms with Crippen LogP contribution in [-0.4, -0.2) is 16.5 Å². The number of rotatable bonds is 1. The molecule has 0 aromatic rings. The second-order valence-electron chi connectivity index (χ2n) is 6.23. The number of hydrogen-bond acceptors (Lipinski definition) is 2. The molecule has 0 aromatic heterocycles. The summed E-state index contributed by atoms with van der Waals surface area (Å²) in [5.41, 5.74) is 0.715. The number of aliphatic hydroxyl groups is 1. The van der Waals surface area contributed by atoms with E-state index in [4.69, 9.17) is 0 Å². The molecule has 0 bridgehead atoms. The Balaban J connectivity index is 2.48. The van der Waals surface area contributed by atoms with E-state index in [1.807, 2.05) is 6.08 Å². The first-order chi connectivity index (χ1) is 7.75. The van der Waals surface area contributed by atoms with Crippen molar-refractivity contribution in [2.45, 2.75) is 52.6 Å². The summed E-state index contributed by atoms with van der Waals surface area (Å²) in [6.45, 7) is 7.81. The van der Waals surface area contributed by atoms with Gasteiger partial charge in [0.15, 0.2) is 5.78 Å². The van der Waals surface area contributed by atoms with E-state index in [9.17, 15) is 9.90 Å². The van der Waals surface area contributed by atoms with Gasteiger partial charge < -0.3 is 5.11 Å². The van der Waals surface area contributed by atoms with Gasteiger partial charge in [-0.25, -0.2) is 0 Å². The molecule has 1 saturated carbocycles. The summed E-state index contributed by atoms with van der Waals surface area (Å²) in [5, 5.41) is 10.1. The molecule has 1 N–H and O–H groups in total. The van der Waals surface area contributed by atoms with Crippen molar-refractivity contribution in [3.05, 3.63) is 23.3 Å². The Kier molecular flexibility index (Phi) is 2.81. The van der Waals surface area contributed by atoms with Crippen LogP contribution in [0.3, 0.4) is 0 Å². The SMILES string of the molecule is CC1CCCC2=CC(=O)C(C(C)(C)O)=CC21C. The second kappa shape index (κ2) is 3.81. The highest BCUT2D eigenvalue weighted by molar-refractivity contribution is 6.07. The monoisotopic (exact) mass is 234 g/mol. The minimum Gasteiger partial charge on any atom is -0.386 e. The summed E-state index contributed by atoms with van der Waals surface area (Å²) in [6, 6.07) is 0. The number of carbonyl (C=O) groups excluding carboxylic acids is 1. The van der Waals surface area contributed by atoms with Crippen LogP contribution in [0.4, 0.5) is 0 Å². The van der Waals surface area contributed by atoms with Crippen LogP contribution in [0.15, 0.2) is 23.3 Å². The lowest BCUT2D eigenvalue weighted by Gasteiger charge is -2.43. The molecule has 2 heteroatoms. The second-order valence-corrected chi connectivity index (χ2v) is 6.23. The lowest BCUT2D eigenvalue weighted by atomic mass is 9.61. The fourth-order valence-electron chi connectivity index (χ4n) is 3.03. The van der Waals surface area contributed by atoms with Gasteiger partial charge >= 0.3 is 0 Å². The van der Waals surface area contributed by atoms with Crippen molar-refractivity contribution < 1.29 is 9.90 Å². The van der Waals surface area contributed by atoms with Gasteiger partial charge in [-0.3, -0.25) is 4.79 Å². The minimum absolute atomic E-state index is 0.0147. The van der Waals surface area contributed by atoms with Crippen molar-refractivity contribution in [2.24, 2.45) is 11.3 Å². The maximum Gasteiger partial charge on any atom is 0.184 e. The lowest BCUT2D eigenvalue weighted by molar-refractivity contribution is -0.113. The largest absolute Gasteiger partial charge is 0.386 e. The fraction of sp³-hybridized carbons (Fsp3) is 0.667. The van der Waals surface area contributed by atoms with Gasteiger partial charge in [0.2, 0.25) is 0 Å². The van der Waals surface area contributed by atoms with Crippen molar-refractivity contribution in [2.75, 3.05) is 0 Å². The summed E-state index contributed by atoms with van der Waals surface area (Å²) >= 11 is 0. The summed E-state index contributed by atoms with van der Waals surface area (Å²) in [7, 11) is 0. The van der Waals surface area contributed by atoms with Crippen LogP contribution in [-0.2, 0) is 4.79 Å². The molecule has 0 spiro atoms. The van der Waals surface area contributed by atoms with E-state index >= 15 is 0 Å². The Bertz CT molecular complexity index is 409. The van der Waals surface area contributed by atoms with Crippen LogP contribution in [0.1, 0.15) is 47.0 Å². The average molecular weight is 234 g/mol. The van der Waals surface area contributed by atoms with Crippen LogP contribution in [0.25, 0.3) is 0 Å². The summed E-state index contributed by atoms with van der Waals surface area (Å²) < 4.78 is 0. The first-order valence-corrected chi connectivity index (χ1v) is 6.46. The van der Waals surface area contributed by atoms with Gasteiger partial charge in [0.25, 0.3) is 0 Å². The van der Waals surface area contributed by atoms with Gasteiger partial charge in [-0.15, -0.1) is 0 Å². The van der Waals surface area contributed by atoms with Gasteiger partial charge in [0, 0.05) is 11.0 Å². The Morgan fingerprint density at radius 2 is 2.12 bits per heavy atom. The average Bonchev–Trinajstić information content (AvgIpc) is 2.19. The van der Waals surface area contributed by atoms with E-state index in [-0.39, 0.29) is 11.2 Å². The highest BCUT2D eigenvalue weighted by Gasteiger charge is 2.41. The van der Waals surface area contributed by atoms with Crippen LogP contribution < -0.4 is 0 Å². The van der Waals surface area contributed by atoms with Crippen LogP contribution in [0.5, 0.6) is 0 Å². The smallest absolute Gasteiger partial charge is 0.184 e. The predicted octanol–water partition coefficient (Wildman–Crippen LogP) is 3.02. The zero-order valence-corrected chi connectivity index (χ0v) is 11.2. The molecule has 2 rings (SSSR count). The van der Waals surface area contributed by atoms with Gasteiger partial charge in [0.1, 0.15) is 0 Å². The molecule has 2 atom stereocenters. The summed E-state index contributed by atoms with van der Waals surface area (Å²) in [4.78, 5) is 12.0. The maximum atomic E-state index is 12.0. The van der Waals surface area contributed by atoms with Crippen molar-refractivity contribution >= 4 is 5.78 Å². The van der Waals surface area contributed by atoms with Crippen molar-refractivity contribution in [3.8, 4) is 0 Å². The third-order valence-electron chi connectivity index (χ3n) is 4.47. The Hall–Kier alpha value is -0.890. The van der Waals surface area contributed by atoms with Crippen LogP contribution in [0.2, 0.25) is 0 Å². The number of ketones is 1. The highest BCUT2D eigenvalue weighted by Crippen LogP contribution is 2.49. The molecular weight excluding hydrogens is 212 g/mol. The zero-order chi connectivity index (χ0) is 12.8. The number of hydrogen-bond donors (Lipinski definition) is 1. The first-order valence-electron chi connectivity index (χ1n) is 6.46. The van der Waals surface area contributed by atoms with Gasteiger partial charge in [-0.1, -0.05) is 25.5 Å². The molecule has 0 heterocycles. The summed E-state index contributed by atoms with van der Waals surface area (Å²) in [6.07, 6.45) is 7.17. The van der Waals surface area contributed by atoms with Crippen molar-refractivity contribution in [3.63, 3.8) is 0 Å². The van der Waals surface area contributed by atoms with Gasteiger partial charge in [0.05, 0.1) is 5.60 Å².